The zero-order valence-corrected chi connectivity index (χ0v) is 7.86. The highest BCUT2D eigenvalue weighted by Crippen LogP contribution is 2.27. The normalized spacial score (nSPS) is 30.0. The Morgan fingerprint density at radius 1 is 0.750 bits per heavy atom. The molecule has 0 saturated carbocycles. The summed E-state index contributed by atoms with van der Waals surface area (Å²) in [4.78, 5) is 0. The first-order valence-electron chi connectivity index (χ1n) is 5.37. The van der Waals surface area contributed by atoms with E-state index >= 15 is 0 Å². The lowest BCUT2D eigenvalue weighted by Crippen LogP contribution is -2.51. The molecule has 0 amide bonds. The molecule has 0 aromatic heterocycles. The van der Waals surface area contributed by atoms with E-state index in [1.54, 1.807) is 0 Å². The van der Waals surface area contributed by atoms with E-state index in [4.69, 9.17) is 0 Å². The van der Waals surface area contributed by atoms with E-state index in [0.717, 1.165) is 0 Å². The van der Waals surface area contributed by atoms with Crippen molar-refractivity contribution >= 4 is 0 Å². The molecule has 1 spiro atoms. The molecule has 0 bridgehead atoms. The van der Waals surface area contributed by atoms with Gasteiger partial charge in [0, 0.05) is 5.54 Å². The minimum absolute atomic E-state index is 0.530. The van der Waals surface area contributed by atoms with Gasteiger partial charge in [-0.15, -0.1) is 0 Å². The second-order valence-electron chi connectivity index (χ2n) is 4.27. The van der Waals surface area contributed by atoms with Crippen molar-refractivity contribution in [3.63, 3.8) is 0 Å². The monoisotopic (exact) mass is 168 g/mol. The Balaban J connectivity index is 1.95. The summed E-state index contributed by atoms with van der Waals surface area (Å²) >= 11 is 0. The van der Waals surface area contributed by atoms with E-state index in [1.165, 1.54) is 58.2 Å². The van der Waals surface area contributed by atoms with Crippen molar-refractivity contribution in [3.8, 4) is 0 Å². The number of piperidine rings is 1. The first-order valence-corrected chi connectivity index (χ1v) is 5.37. The van der Waals surface area contributed by atoms with E-state index in [-0.39, 0.29) is 0 Å². The third kappa shape index (κ3) is 1.80. The highest BCUT2D eigenvalue weighted by Gasteiger charge is 2.31. The van der Waals surface area contributed by atoms with E-state index in [0.29, 0.717) is 5.54 Å². The lowest BCUT2D eigenvalue weighted by atomic mass is 9.84. The molecule has 0 atom stereocenters. The smallest absolute Gasteiger partial charge is 0.0205 e. The maximum atomic E-state index is 3.76. The second-order valence-corrected chi connectivity index (χ2v) is 4.27. The van der Waals surface area contributed by atoms with Gasteiger partial charge in [0.25, 0.3) is 0 Å². The van der Waals surface area contributed by atoms with Crippen molar-refractivity contribution in [2.45, 2.75) is 44.1 Å². The predicted octanol–water partition coefficient (Wildman–Crippen LogP) is 1.27. The van der Waals surface area contributed by atoms with Crippen LogP contribution in [0.1, 0.15) is 38.5 Å². The van der Waals surface area contributed by atoms with Crippen LogP contribution in [0.3, 0.4) is 0 Å². The minimum atomic E-state index is 0.530. The van der Waals surface area contributed by atoms with Crippen LogP contribution in [-0.2, 0) is 0 Å². The van der Waals surface area contributed by atoms with Crippen LogP contribution in [0.5, 0.6) is 0 Å². The first-order chi connectivity index (χ1) is 5.91. The Morgan fingerprint density at radius 2 is 1.58 bits per heavy atom. The van der Waals surface area contributed by atoms with Crippen LogP contribution in [-0.4, -0.2) is 25.2 Å². The van der Waals surface area contributed by atoms with Gasteiger partial charge in [-0.05, 0) is 45.3 Å². The second kappa shape index (κ2) is 3.75. The van der Waals surface area contributed by atoms with Gasteiger partial charge >= 0.3 is 0 Å². The van der Waals surface area contributed by atoms with Gasteiger partial charge in [-0.3, -0.25) is 0 Å². The highest BCUT2D eigenvalue weighted by molar-refractivity contribution is 4.93. The third-order valence-corrected chi connectivity index (χ3v) is 3.39. The van der Waals surface area contributed by atoms with Crippen LogP contribution in [0.2, 0.25) is 0 Å². The fourth-order valence-electron chi connectivity index (χ4n) is 2.54. The summed E-state index contributed by atoms with van der Waals surface area (Å²) in [6.07, 6.45) is 8.35. The quantitative estimate of drug-likeness (QED) is 0.569. The third-order valence-electron chi connectivity index (χ3n) is 3.39. The molecule has 2 nitrogen and oxygen atoms in total. The van der Waals surface area contributed by atoms with E-state index in [9.17, 15) is 0 Å². The van der Waals surface area contributed by atoms with Gasteiger partial charge in [0.15, 0.2) is 0 Å². The number of rotatable bonds is 0. The Morgan fingerprint density at radius 3 is 2.42 bits per heavy atom. The summed E-state index contributed by atoms with van der Waals surface area (Å²) in [6, 6.07) is 0. The van der Waals surface area contributed by atoms with Crippen LogP contribution >= 0.6 is 0 Å². The number of hydrogen-bond donors (Lipinski definition) is 2. The van der Waals surface area contributed by atoms with E-state index < -0.39 is 0 Å². The first kappa shape index (κ1) is 8.52. The maximum absolute atomic E-state index is 3.76. The topological polar surface area (TPSA) is 24.1 Å². The SMILES string of the molecule is C1CCNC2(CC1)CCNCC2. The Hall–Kier alpha value is -0.0800. The molecule has 0 aliphatic carbocycles. The number of hydrogen-bond acceptors (Lipinski definition) is 2. The van der Waals surface area contributed by atoms with Gasteiger partial charge in [-0.1, -0.05) is 12.8 Å². The zero-order chi connectivity index (χ0) is 8.28. The van der Waals surface area contributed by atoms with Crippen LogP contribution in [0.25, 0.3) is 0 Å². The molecule has 0 aromatic rings. The van der Waals surface area contributed by atoms with Crippen molar-refractivity contribution in [2.24, 2.45) is 0 Å². The Labute approximate surface area is 75.1 Å². The average Bonchev–Trinajstić information content (AvgIpc) is 2.33. The molecule has 2 heterocycles. The van der Waals surface area contributed by atoms with Gasteiger partial charge < -0.3 is 10.6 Å². The average molecular weight is 168 g/mol. The van der Waals surface area contributed by atoms with E-state index in [1.807, 2.05) is 0 Å². The van der Waals surface area contributed by atoms with Crippen molar-refractivity contribution in [1.82, 2.24) is 10.6 Å². The zero-order valence-electron chi connectivity index (χ0n) is 7.86. The largest absolute Gasteiger partial charge is 0.317 e. The molecular weight excluding hydrogens is 148 g/mol. The van der Waals surface area contributed by atoms with Crippen molar-refractivity contribution in [1.29, 1.82) is 0 Å². The molecule has 0 radical (unpaired) electrons. The van der Waals surface area contributed by atoms with Gasteiger partial charge in [0.05, 0.1) is 0 Å². The van der Waals surface area contributed by atoms with Gasteiger partial charge in [0.2, 0.25) is 0 Å². The Kier molecular flexibility index (Phi) is 2.66. The molecule has 2 aliphatic heterocycles. The summed E-state index contributed by atoms with van der Waals surface area (Å²) < 4.78 is 0. The molecule has 2 fully saturated rings. The molecule has 12 heavy (non-hydrogen) atoms. The molecule has 2 heteroatoms. The van der Waals surface area contributed by atoms with Crippen LogP contribution < -0.4 is 10.6 Å². The summed E-state index contributed by atoms with van der Waals surface area (Å²) in [5.41, 5.74) is 0.530. The summed E-state index contributed by atoms with van der Waals surface area (Å²) in [5, 5.41) is 7.19. The fourth-order valence-corrected chi connectivity index (χ4v) is 2.54. The fraction of sp³-hybridized carbons (Fsp3) is 1.00. The standard InChI is InChI=1S/C10H20N2/c1-2-4-10(12-7-3-1)5-8-11-9-6-10/h11-12H,1-9H2. The van der Waals surface area contributed by atoms with Crippen LogP contribution in [0.4, 0.5) is 0 Å². The highest BCUT2D eigenvalue weighted by atomic mass is 15.0. The number of nitrogens with one attached hydrogen (secondary N) is 2. The van der Waals surface area contributed by atoms with Gasteiger partial charge in [-0.2, -0.15) is 0 Å². The van der Waals surface area contributed by atoms with Gasteiger partial charge in [0.1, 0.15) is 0 Å². The molecule has 2 saturated heterocycles. The predicted molar refractivity (Wildman–Crippen MR) is 51.3 cm³/mol. The lowest BCUT2D eigenvalue weighted by molar-refractivity contribution is 0.237. The molecule has 2 rings (SSSR count). The molecule has 70 valence electrons. The van der Waals surface area contributed by atoms with Crippen molar-refractivity contribution < 1.29 is 0 Å². The maximum Gasteiger partial charge on any atom is 0.0205 e. The molecule has 2 aliphatic rings. The van der Waals surface area contributed by atoms with E-state index in [2.05, 4.69) is 10.6 Å². The summed E-state index contributed by atoms with van der Waals surface area (Å²) in [7, 11) is 0. The van der Waals surface area contributed by atoms with Gasteiger partial charge in [-0.25, -0.2) is 0 Å². The molecule has 0 unspecified atom stereocenters. The minimum Gasteiger partial charge on any atom is -0.317 e. The van der Waals surface area contributed by atoms with Crippen LogP contribution in [0, 0.1) is 0 Å². The Bertz CT molecular complexity index is 129. The van der Waals surface area contributed by atoms with Crippen LogP contribution in [0.15, 0.2) is 0 Å². The molecule has 2 N–H and O–H groups in total. The molecule has 0 aromatic carbocycles. The summed E-state index contributed by atoms with van der Waals surface area (Å²) in [6.45, 7) is 3.68. The van der Waals surface area contributed by atoms with Crippen molar-refractivity contribution in [2.75, 3.05) is 19.6 Å². The summed E-state index contributed by atoms with van der Waals surface area (Å²) in [5.74, 6) is 0. The van der Waals surface area contributed by atoms with Crippen molar-refractivity contribution in [3.05, 3.63) is 0 Å². The molecular formula is C10H20N2. The lowest BCUT2D eigenvalue weighted by Gasteiger charge is -2.37.